The van der Waals surface area contributed by atoms with E-state index in [9.17, 15) is 9.59 Å². The molecular formula is C17H15ClN4O2S. The molecule has 25 heavy (non-hydrogen) atoms. The van der Waals surface area contributed by atoms with Gasteiger partial charge in [0.1, 0.15) is 5.69 Å². The molecule has 0 atom stereocenters. The van der Waals surface area contributed by atoms with Crippen molar-refractivity contribution in [3.63, 3.8) is 0 Å². The number of amides is 2. The van der Waals surface area contributed by atoms with E-state index in [1.807, 2.05) is 17.5 Å². The highest BCUT2D eigenvalue weighted by atomic mass is 35.5. The number of rotatable bonds is 6. The fraction of sp³-hybridized carbons (Fsp3) is 0.118. The first kappa shape index (κ1) is 17.2. The van der Waals surface area contributed by atoms with Crippen LogP contribution in [0.3, 0.4) is 0 Å². The van der Waals surface area contributed by atoms with Crippen LogP contribution in [0.1, 0.15) is 22.5 Å². The van der Waals surface area contributed by atoms with Crippen LogP contribution in [-0.4, -0.2) is 21.8 Å². The number of H-pyrrole nitrogens is 1. The van der Waals surface area contributed by atoms with Gasteiger partial charge >= 0.3 is 0 Å². The molecule has 0 aliphatic heterocycles. The van der Waals surface area contributed by atoms with Crippen LogP contribution in [-0.2, 0) is 11.2 Å². The van der Waals surface area contributed by atoms with Crippen LogP contribution in [0, 0.1) is 0 Å². The van der Waals surface area contributed by atoms with E-state index >= 15 is 0 Å². The van der Waals surface area contributed by atoms with Gasteiger partial charge in [0.05, 0.1) is 5.69 Å². The maximum Gasteiger partial charge on any atom is 0.265 e. The first-order valence-corrected chi connectivity index (χ1v) is 8.75. The highest BCUT2D eigenvalue weighted by molar-refractivity contribution is 7.14. The van der Waals surface area contributed by atoms with Gasteiger partial charge in [-0.15, -0.1) is 11.3 Å². The van der Waals surface area contributed by atoms with Crippen molar-refractivity contribution in [1.82, 2.24) is 9.97 Å². The largest absolute Gasteiger partial charge is 0.364 e. The van der Waals surface area contributed by atoms with Crippen molar-refractivity contribution in [2.75, 3.05) is 5.32 Å². The van der Waals surface area contributed by atoms with Crippen LogP contribution in [0.15, 0.2) is 41.9 Å². The first-order valence-electron chi connectivity index (χ1n) is 7.49. The van der Waals surface area contributed by atoms with Crippen LogP contribution < -0.4 is 11.1 Å². The van der Waals surface area contributed by atoms with E-state index in [1.165, 1.54) is 11.3 Å². The molecule has 0 aliphatic rings. The number of halogens is 1. The average molecular weight is 375 g/mol. The van der Waals surface area contributed by atoms with Crippen molar-refractivity contribution < 1.29 is 9.59 Å². The van der Waals surface area contributed by atoms with Crippen molar-refractivity contribution in [2.45, 2.75) is 12.8 Å². The number of primary amides is 1. The van der Waals surface area contributed by atoms with Crippen LogP contribution in [0.4, 0.5) is 5.13 Å². The Bertz CT molecular complexity index is 902. The van der Waals surface area contributed by atoms with Gasteiger partial charge < -0.3 is 16.0 Å². The van der Waals surface area contributed by atoms with Crippen molar-refractivity contribution in [2.24, 2.45) is 5.73 Å². The molecule has 0 saturated carbocycles. The molecule has 6 nitrogen and oxygen atoms in total. The summed E-state index contributed by atoms with van der Waals surface area (Å²) in [5, 5.41) is 5.78. The van der Waals surface area contributed by atoms with Gasteiger partial charge in [0.15, 0.2) is 5.13 Å². The number of aryl methyl sites for hydroxylation is 1. The molecule has 1 aromatic carbocycles. The van der Waals surface area contributed by atoms with Gasteiger partial charge in [0, 0.05) is 28.6 Å². The Morgan fingerprint density at radius 3 is 2.72 bits per heavy atom. The summed E-state index contributed by atoms with van der Waals surface area (Å²) < 4.78 is 0. The number of anilines is 1. The second kappa shape index (κ2) is 7.50. The van der Waals surface area contributed by atoms with Crippen molar-refractivity contribution in [3.05, 3.63) is 58.2 Å². The molecule has 2 amide bonds. The number of hydrogen-bond donors (Lipinski definition) is 3. The number of benzene rings is 1. The predicted molar refractivity (Wildman–Crippen MR) is 98.8 cm³/mol. The van der Waals surface area contributed by atoms with E-state index in [2.05, 4.69) is 15.3 Å². The number of aromatic nitrogens is 2. The third kappa shape index (κ3) is 4.46. The van der Waals surface area contributed by atoms with Crippen LogP contribution >= 0.6 is 22.9 Å². The average Bonchev–Trinajstić information content (AvgIpc) is 3.23. The third-order valence-electron chi connectivity index (χ3n) is 3.55. The Kier molecular flexibility index (Phi) is 5.16. The minimum atomic E-state index is -0.530. The second-order valence-corrected chi connectivity index (χ2v) is 6.67. The number of nitrogens with two attached hydrogens (primary N) is 1. The molecule has 128 valence electrons. The maximum absolute atomic E-state index is 12.1. The molecular weight excluding hydrogens is 360 g/mol. The summed E-state index contributed by atoms with van der Waals surface area (Å²) in [5.74, 6) is -0.639. The number of nitrogens with zero attached hydrogens (tertiary/aromatic N) is 1. The monoisotopic (exact) mass is 374 g/mol. The quantitative estimate of drug-likeness (QED) is 0.615. The number of nitrogens with one attached hydrogen (secondary N) is 2. The lowest BCUT2D eigenvalue weighted by Crippen LogP contribution is -2.12. The lowest BCUT2D eigenvalue weighted by Gasteiger charge is -2.02. The number of hydrogen-bond acceptors (Lipinski definition) is 4. The molecule has 0 bridgehead atoms. The molecule has 0 radical (unpaired) electrons. The van der Waals surface area contributed by atoms with E-state index < -0.39 is 5.91 Å². The summed E-state index contributed by atoms with van der Waals surface area (Å²) in [6, 6.07) is 9.04. The zero-order chi connectivity index (χ0) is 17.8. The fourth-order valence-corrected chi connectivity index (χ4v) is 3.10. The molecule has 4 N–H and O–H groups in total. The van der Waals surface area contributed by atoms with Gasteiger partial charge in [-0.05, 0) is 30.2 Å². The molecule has 0 saturated heterocycles. The predicted octanol–water partition coefficient (Wildman–Crippen LogP) is 3.46. The smallest absolute Gasteiger partial charge is 0.265 e. The molecule has 8 heteroatoms. The van der Waals surface area contributed by atoms with E-state index in [0.717, 1.165) is 11.1 Å². The minimum Gasteiger partial charge on any atom is -0.364 e. The Morgan fingerprint density at radius 1 is 1.28 bits per heavy atom. The molecule has 2 heterocycles. The fourth-order valence-electron chi connectivity index (χ4n) is 2.24. The highest BCUT2D eigenvalue weighted by Crippen LogP contribution is 2.25. The third-order valence-corrected chi connectivity index (χ3v) is 4.56. The summed E-state index contributed by atoms with van der Waals surface area (Å²) in [4.78, 5) is 30.3. The van der Waals surface area contributed by atoms with E-state index in [0.29, 0.717) is 34.4 Å². The zero-order valence-electron chi connectivity index (χ0n) is 13.1. The van der Waals surface area contributed by atoms with Gasteiger partial charge in [-0.2, -0.15) is 0 Å². The topological polar surface area (TPSA) is 101 Å². The molecule has 3 aromatic rings. The molecule has 2 aromatic heterocycles. The summed E-state index contributed by atoms with van der Waals surface area (Å²) in [6.07, 6.45) is 2.63. The van der Waals surface area contributed by atoms with E-state index in [4.69, 9.17) is 17.3 Å². The normalized spacial score (nSPS) is 10.6. The SMILES string of the molecule is NC(=O)c1cc(-c2csc(NC(=O)CCc3ccc(Cl)cc3)n2)c[nH]1. The molecule has 0 spiro atoms. The van der Waals surface area contributed by atoms with E-state index in [1.54, 1.807) is 24.4 Å². The molecule has 3 rings (SSSR count). The maximum atomic E-state index is 12.1. The summed E-state index contributed by atoms with van der Waals surface area (Å²) in [5.41, 5.74) is 7.99. The Morgan fingerprint density at radius 2 is 2.04 bits per heavy atom. The Hall–Kier alpha value is -2.64. The zero-order valence-corrected chi connectivity index (χ0v) is 14.7. The van der Waals surface area contributed by atoms with Gasteiger partial charge in [-0.25, -0.2) is 4.98 Å². The van der Waals surface area contributed by atoms with Gasteiger partial charge in [0.25, 0.3) is 5.91 Å². The lowest BCUT2D eigenvalue weighted by atomic mass is 10.1. The van der Waals surface area contributed by atoms with Crippen molar-refractivity contribution >= 4 is 39.9 Å². The number of carbonyl (C=O) groups is 2. The number of aromatic amines is 1. The van der Waals surface area contributed by atoms with Crippen molar-refractivity contribution in [3.8, 4) is 11.3 Å². The van der Waals surface area contributed by atoms with E-state index in [-0.39, 0.29) is 5.91 Å². The second-order valence-electron chi connectivity index (χ2n) is 5.38. The molecule has 0 fully saturated rings. The highest BCUT2D eigenvalue weighted by Gasteiger charge is 2.11. The van der Waals surface area contributed by atoms with Crippen LogP contribution in [0.5, 0.6) is 0 Å². The van der Waals surface area contributed by atoms with Gasteiger partial charge in [-0.3, -0.25) is 9.59 Å². The van der Waals surface area contributed by atoms with Crippen molar-refractivity contribution in [1.29, 1.82) is 0 Å². The summed E-state index contributed by atoms with van der Waals surface area (Å²) in [6.45, 7) is 0. The standard InChI is InChI=1S/C17H15ClN4O2S/c18-12-4-1-10(2-5-12)3-6-15(23)22-17-21-14(9-25-17)11-7-13(16(19)24)20-8-11/h1-2,4-5,7-9,20H,3,6H2,(H2,19,24)(H,21,22,23). The summed E-state index contributed by atoms with van der Waals surface area (Å²) in [7, 11) is 0. The Labute approximate surface area is 153 Å². The van der Waals surface area contributed by atoms with Crippen LogP contribution in [0.2, 0.25) is 5.02 Å². The van der Waals surface area contributed by atoms with Crippen LogP contribution in [0.25, 0.3) is 11.3 Å². The number of carbonyl (C=O) groups excluding carboxylic acids is 2. The summed E-state index contributed by atoms with van der Waals surface area (Å²) >= 11 is 7.16. The molecule has 0 aliphatic carbocycles. The first-order chi connectivity index (χ1) is 12.0. The molecule has 0 unspecified atom stereocenters. The van der Waals surface area contributed by atoms with Gasteiger partial charge in [0.2, 0.25) is 5.91 Å². The van der Waals surface area contributed by atoms with Gasteiger partial charge in [-0.1, -0.05) is 23.7 Å². The number of thiazole rings is 1. The lowest BCUT2D eigenvalue weighted by molar-refractivity contribution is -0.116. The minimum absolute atomic E-state index is 0.109. The Balaban J connectivity index is 1.57.